The summed E-state index contributed by atoms with van der Waals surface area (Å²) in [6, 6.07) is 0.770. The molecule has 0 aromatic heterocycles. The molecule has 0 heterocycles. The summed E-state index contributed by atoms with van der Waals surface area (Å²) in [4.78, 5) is 2.26. The third-order valence-corrected chi connectivity index (χ3v) is 6.36. The lowest BCUT2D eigenvalue weighted by Crippen LogP contribution is -2.44. The van der Waals surface area contributed by atoms with Crippen molar-refractivity contribution in [3.63, 3.8) is 0 Å². The smallest absolute Gasteiger partial charge is 0.383 e. The fraction of sp³-hybridized carbons (Fsp3) is 1.00. The van der Waals surface area contributed by atoms with Crippen LogP contribution in [0.5, 0.6) is 0 Å². The zero-order chi connectivity index (χ0) is 16.8. The monoisotopic (exact) mass is 339 g/mol. The molecule has 1 atom stereocenters. The Bertz CT molecular complexity index is 247. The molecule has 0 N–H and O–H groups in total. The van der Waals surface area contributed by atoms with Gasteiger partial charge in [-0.05, 0) is 19.9 Å². The highest BCUT2D eigenvalue weighted by atomic mass is 28.4. The normalized spacial score (nSPS) is 13.8. The minimum absolute atomic E-state index is 0.226. The Kier molecular flexibility index (Phi) is 13.3. The molecule has 134 valence electrons. The van der Waals surface area contributed by atoms with Crippen LogP contribution in [0.15, 0.2) is 0 Å². The maximum Gasteiger partial charge on any atom is 0.500 e. The summed E-state index contributed by atoms with van der Waals surface area (Å²) in [6.45, 7) is 5.66. The second-order valence-electron chi connectivity index (χ2n) is 4.81. The van der Waals surface area contributed by atoms with Crippen molar-refractivity contribution in [3.05, 3.63) is 0 Å². The van der Waals surface area contributed by atoms with Gasteiger partial charge in [-0.25, -0.2) is 0 Å². The quantitative estimate of drug-likeness (QED) is 0.328. The van der Waals surface area contributed by atoms with E-state index in [1.807, 2.05) is 6.92 Å². The molecule has 22 heavy (non-hydrogen) atoms. The van der Waals surface area contributed by atoms with Gasteiger partial charge < -0.3 is 27.5 Å². The summed E-state index contributed by atoms with van der Waals surface area (Å²) in [5.41, 5.74) is 0. The topological polar surface area (TPSA) is 58.6 Å². The van der Waals surface area contributed by atoms with Crippen molar-refractivity contribution in [3.8, 4) is 0 Å². The molecule has 0 aliphatic carbocycles. The fourth-order valence-corrected chi connectivity index (χ4v) is 3.89. The number of methoxy groups -OCH3 is 2. The molecular weight excluding hydrogens is 306 g/mol. The molecule has 1 unspecified atom stereocenters. The van der Waals surface area contributed by atoms with Crippen molar-refractivity contribution < 1.29 is 27.5 Å². The van der Waals surface area contributed by atoms with Gasteiger partial charge >= 0.3 is 8.80 Å². The van der Waals surface area contributed by atoms with Crippen LogP contribution >= 0.6 is 0 Å². The summed E-state index contributed by atoms with van der Waals surface area (Å²) in [5, 5.41) is 0. The van der Waals surface area contributed by atoms with Crippen molar-refractivity contribution in [2.24, 2.45) is 0 Å². The molecule has 0 saturated heterocycles. The molecule has 7 nitrogen and oxygen atoms in total. The number of rotatable bonds is 15. The van der Waals surface area contributed by atoms with Gasteiger partial charge in [-0.3, -0.25) is 4.90 Å². The standard InChI is InChI=1S/C14H33NO6Si/c1-7-21-14(17-3)13-15(10-11-16-2)9-8-12-22(18-4,19-5)20-6/h14H,7-13H2,1-6H3. The maximum absolute atomic E-state index is 5.54. The van der Waals surface area contributed by atoms with E-state index in [-0.39, 0.29) is 6.29 Å². The fourth-order valence-electron chi connectivity index (χ4n) is 2.18. The Morgan fingerprint density at radius 3 is 2.05 bits per heavy atom. The van der Waals surface area contributed by atoms with Crippen LogP contribution in [-0.4, -0.2) is 88.4 Å². The van der Waals surface area contributed by atoms with Crippen LogP contribution in [0.1, 0.15) is 13.3 Å². The molecule has 0 spiro atoms. The van der Waals surface area contributed by atoms with Gasteiger partial charge in [-0.1, -0.05) is 0 Å². The molecule has 0 aliphatic heterocycles. The SMILES string of the molecule is CCOC(CN(CCC[Si](OC)(OC)OC)CCOC)OC. The Labute approximate surface area is 136 Å². The lowest BCUT2D eigenvalue weighted by atomic mass is 10.4. The van der Waals surface area contributed by atoms with Crippen LogP contribution in [0.3, 0.4) is 0 Å². The minimum atomic E-state index is -2.50. The molecular formula is C14H33NO6Si. The summed E-state index contributed by atoms with van der Waals surface area (Å²) in [5.74, 6) is 0. The highest BCUT2D eigenvalue weighted by molar-refractivity contribution is 6.60. The van der Waals surface area contributed by atoms with E-state index in [0.29, 0.717) is 19.8 Å². The van der Waals surface area contributed by atoms with Crippen molar-refractivity contribution in [2.75, 3.05) is 68.4 Å². The highest BCUT2D eigenvalue weighted by Gasteiger charge is 2.37. The highest BCUT2D eigenvalue weighted by Crippen LogP contribution is 2.15. The molecule has 0 bridgehead atoms. The number of hydrogen-bond donors (Lipinski definition) is 0. The van der Waals surface area contributed by atoms with Gasteiger partial charge in [0, 0.05) is 61.3 Å². The number of hydrogen-bond acceptors (Lipinski definition) is 7. The molecule has 0 amide bonds. The molecule has 0 aliphatic rings. The summed E-state index contributed by atoms with van der Waals surface area (Å²) in [7, 11) is 5.77. The van der Waals surface area contributed by atoms with Crippen molar-refractivity contribution in [2.45, 2.75) is 25.7 Å². The summed E-state index contributed by atoms with van der Waals surface area (Å²) >= 11 is 0. The van der Waals surface area contributed by atoms with E-state index >= 15 is 0 Å². The summed E-state index contributed by atoms with van der Waals surface area (Å²) < 4.78 is 32.4. The molecule has 0 saturated carbocycles. The predicted molar refractivity (Wildman–Crippen MR) is 86.9 cm³/mol. The largest absolute Gasteiger partial charge is 0.500 e. The number of nitrogens with zero attached hydrogens (tertiary/aromatic N) is 1. The zero-order valence-electron chi connectivity index (χ0n) is 14.9. The molecule has 0 fully saturated rings. The van der Waals surface area contributed by atoms with E-state index in [2.05, 4.69) is 4.90 Å². The molecule has 0 radical (unpaired) electrons. The second-order valence-corrected chi connectivity index (χ2v) is 7.90. The van der Waals surface area contributed by atoms with Crippen molar-refractivity contribution in [1.29, 1.82) is 0 Å². The van der Waals surface area contributed by atoms with E-state index in [4.69, 9.17) is 27.5 Å². The summed E-state index contributed by atoms with van der Waals surface area (Å²) in [6.07, 6.45) is 0.685. The van der Waals surface area contributed by atoms with Gasteiger partial charge in [0.05, 0.1) is 6.61 Å². The van der Waals surface area contributed by atoms with Crippen LogP contribution < -0.4 is 0 Å². The van der Waals surface area contributed by atoms with E-state index in [1.54, 1.807) is 35.5 Å². The van der Waals surface area contributed by atoms with Gasteiger partial charge in [0.25, 0.3) is 0 Å². The van der Waals surface area contributed by atoms with Gasteiger partial charge in [-0.15, -0.1) is 0 Å². The third-order valence-electron chi connectivity index (χ3n) is 3.52. The van der Waals surface area contributed by atoms with Crippen molar-refractivity contribution in [1.82, 2.24) is 4.90 Å². The Hall–Kier alpha value is -0.0631. The average molecular weight is 340 g/mol. The molecule has 0 rings (SSSR count). The Balaban J connectivity index is 4.39. The van der Waals surface area contributed by atoms with Crippen LogP contribution in [-0.2, 0) is 27.5 Å². The first-order valence-electron chi connectivity index (χ1n) is 7.62. The lowest BCUT2D eigenvalue weighted by molar-refractivity contribution is -0.133. The van der Waals surface area contributed by atoms with Crippen LogP contribution in [0.2, 0.25) is 6.04 Å². The minimum Gasteiger partial charge on any atom is -0.383 e. The van der Waals surface area contributed by atoms with Gasteiger partial charge in [0.2, 0.25) is 0 Å². The van der Waals surface area contributed by atoms with E-state index in [0.717, 1.165) is 25.6 Å². The van der Waals surface area contributed by atoms with Gasteiger partial charge in [0.15, 0.2) is 6.29 Å². The van der Waals surface area contributed by atoms with Crippen LogP contribution in [0, 0.1) is 0 Å². The van der Waals surface area contributed by atoms with Gasteiger partial charge in [-0.2, -0.15) is 0 Å². The van der Waals surface area contributed by atoms with E-state index in [1.165, 1.54) is 0 Å². The first kappa shape index (κ1) is 21.9. The average Bonchev–Trinajstić information content (AvgIpc) is 2.56. The van der Waals surface area contributed by atoms with E-state index < -0.39 is 8.80 Å². The lowest BCUT2D eigenvalue weighted by Gasteiger charge is -2.28. The van der Waals surface area contributed by atoms with Gasteiger partial charge in [0.1, 0.15) is 0 Å². The molecule has 8 heteroatoms. The van der Waals surface area contributed by atoms with Crippen molar-refractivity contribution >= 4 is 8.80 Å². The Morgan fingerprint density at radius 2 is 1.59 bits per heavy atom. The van der Waals surface area contributed by atoms with Crippen LogP contribution in [0.4, 0.5) is 0 Å². The predicted octanol–water partition coefficient (Wildman–Crippen LogP) is 1.21. The first-order valence-corrected chi connectivity index (χ1v) is 9.55. The first-order chi connectivity index (χ1) is 10.6. The molecule has 0 aromatic rings. The van der Waals surface area contributed by atoms with E-state index in [9.17, 15) is 0 Å². The Morgan fingerprint density at radius 1 is 0.955 bits per heavy atom. The van der Waals surface area contributed by atoms with Crippen LogP contribution in [0.25, 0.3) is 0 Å². The third kappa shape index (κ3) is 8.54. The second kappa shape index (κ2) is 13.4. The molecule has 0 aromatic carbocycles. The maximum atomic E-state index is 5.54. The zero-order valence-corrected chi connectivity index (χ0v) is 15.9. The number of ether oxygens (including phenoxy) is 3.